The van der Waals surface area contributed by atoms with Crippen LogP contribution in [0.25, 0.3) is 0 Å². The fourth-order valence-electron chi connectivity index (χ4n) is 10.8. The Morgan fingerprint density at radius 2 is 0.511 bits per heavy atom. The molecule has 0 spiro atoms. The molecule has 90 heavy (non-hydrogen) atoms. The van der Waals surface area contributed by atoms with Crippen LogP contribution in [-0.2, 0) is 65.4 Å². The molecule has 0 fully saturated rings. The highest BCUT2D eigenvalue weighted by Crippen LogP contribution is 2.45. The van der Waals surface area contributed by atoms with Crippen molar-refractivity contribution < 1.29 is 80.2 Å². The van der Waals surface area contributed by atoms with Gasteiger partial charge in [-0.15, -0.1) is 0 Å². The Hall–Kier alpha value is -1.94. The lowest BCUT2D eigenvalue weighted by Crippen LogP contribution is -2.30. The molecule has 0 aromatic rings. The number of carbonyl (C=O) groups excluding carboxylic acids is 4. The molecule has 534 valence electrons. The molecule has 19 heteroatoms. The molecule has 0 heterocycles. The quantitative estimate of drug-likeness (QED) is 0.0222. The second-order valence-electron chi connectivity index (χ2n) is 26.1. The van der Waals surface area contributed by atoms with Crippen molar-refractivity contribution in [1.82, 2.24) is 0 Å². The maximum absolute atomic E-state index is 13.0. The van der Waals surface area contributed by atoms with E-state index in [4.69, 9.17) is 37.0 Å². The van der Waals surface area contributed by atoms with Crippen molar-refractivity contribution in [3.8, 4) is 0 Å². The molecule has 0 aromatic heterocycles. The van der Waals surface area contributed by atoms with Crippen LogP contribution in [0.15, 0.2) is 0 Å². The third kappa shape index (κ3) is 64.8. The van der Waals surface area contributed by atoms with Crippen LogP contribution in [0.3, 0.4) is 0 Å². The number of carbonyl (C=O) groups is 4. The zero-order valence-corrected chi connectivity index (χ0v) is 60.1. The minimum absolute atomic E-state index is 0.108. The second kappa shape index (κ2) is 64.4. The Kier molecular flexibility index (Phi) is 63.0. The Morgan fingerprint density at radius 1 is 0.300 bits per heavy atom. The number of esters is 4. The van der Waals surface area contributed by atoms with Crippen LogP contribution in [0.1, 0.15) is 369 Å². The summed E-state index contributed by atoms with van der Waals surface area (Å²) in [6, 6.07) is 0. The molecule has 0 rings (SSSR count). The standard InChI is InChI=1S/C71H138O17P2/c1-6-9-12-15-18-21-23-26-31-35-40-45-50-55-69(74)82-61-67(88-71(76)57-52-47-42-37-32-28-25-27-29-34-38-43-48-53-64(4)5)63-86-90(79,80)84-59-65(72)58-83-89(77,78)85-62-66(60-81-68(73)54-49-44-39-33-20-17-14-11-8-3)87-70(75)56-51-46-41-36-30-24-22-19-16-13-10-7-2/h64-67,72H,6-63H2,1-5H3,(H,77,78)(H,79,80)/t65-,66+,67+/m0/s1. The van der Waals surface area contributed by atoms with Gasteiger partial charge in [0.1, 0.15) is 19.3 Å². The van der Waals surface area contributed by atoms with Crippen LogP contribution in [0.2, 0.25) is 0 Å². The van der Waals surface area contributed by atoms with Gasteiger partial charge < -0.3 is 33.8 Å². The summed E-state index contributed by atoms with van der Waals surface area (Å²) in [5, 5.41) is 10.6. The van der Waals surface area contributed by atoms with Crippen molar-refractivity contribution in [2.24, 2.45) is 5.92 Å². The maximum Gasteiger partial charge on any atom is 0.472 e. The van der Waals surface area contributed by atoms with Gasteiger partial charge in [-0.1, -0.05) is 317 Å². The van der Waals surface area contributed by atoms with Gasteiger partial charge in [-0.25, -0.2) is 9.13 Å². The van der Waals surface area contributed by atoms with Gasteiger partial charge in [0.05, 0.1) is 26.4 Å². The monoisotopic (exact) mass is 1320 g/mol. The summed E-state index contributed by atoms with van der Waals surface area (Å²) in [6.07, 6.45) is 51.2. The summed E-state index contributed by atoms with van der Waals surface area (Å²) in [6.45, 7) is 7.26. The summed E-state index contributed by atoms with van der Waals surface area (Å²) in [5.41, 5.74) is 0. The van der Waals surface area contributed by atoms with Crippen LogP contribution in [0.5, 0.6) is 0 Å². The number of aliphatic hydroxyl groups excluding tert-OH is 1. The van der Waals surface area contributed by atoms with E-state index in [1.807, 2.05) is 0 Å². The predicted octanol–water partition coefficient (Wildman–Crippen LogP) is 20.5. The SMILES string of the molecule is CCCCCCCCCCCCCCCC(=O)OC[C@H](COP(=O)(O)OC[C@@H](O)COP(=O)(O)OC[C@@H](COC(=O)CCCCCCCCCCC)OC(=O)CCCCCCCCCCCCCC)OC(=O)CCCCCCCCCCCCCCCC(C)C. The van der Waals surface area contributed by atoms with Gasteiger partial charge in [-0.2, -0.15) is 0 Å². The van der Waals surface area contributed by atoms with E-state index in [0.717, 1.165) is 95.8 Å². The van der Waals surface area contributed by atoms with E-state index in [1.165, 1.54) is 193 Å². The number of hydrogen-bond acceptors (Lipinski definition) is 15. The number of hydrogen-bond donors (Lipinski definition) is 3. The van der Waals surface area contributed by atoms with Crippen molar-refractivity contribution in [2.45, 2.75) is 387 Å². The number of aliphatic hydroxyl groups is 1. The molecule has 5 atom stereocenters. The molecular formula is C71H138O17P2. The lowest BCUT2D eigenvalue weighted by Gasteiger charge is -2.21. The smallest absolute Gasteiger partial charge is 0.462 e. The van der Waals surface area contributed by atoms with Crippen molar-refractivity contribution in [3.63, 3.8) is 0 Å². The van der Waals surface area contributed by atoms with Gasteiger partial charge in [0.25, 0.3) is 0 Å². The van der Waals surface area contributed by atoms with Crippen LogP contribution < -0.4 is 0 Å². The third-order valence-electron chi connectivity index (χ3n) is 16.5. The lowest BCUT2D eigenvalue weighted by molar-refractivity contribution is -0.161. The topological polar surface area (TPSA) is 237 Å². The zero-order valence-electron chi connectivity index (χ0n) is 58.3. The van der Waals surface area contributed by atoms with Gasteiger partial charge in [-0.3, -0.25) is 37.3 Å². The van der Waals surface area contributed by atoms with Crippen molar-refractivity contribution in [1.29, 1.82) is 0 Å². The van der Waals surface area contributed by atoms with E-state index in [9.17, 15) is 43.2 Å². The van der Waals surface area contributed by atoms with Crippen LogP contribution in [0, 0.1) is 5.92 Å². The van der Waals surface area contributed by atoms with Crippen molar-refractivity contribution in [3.05, 3.63) is 0 Å². The number of unbranched alkanes of at least 4 members (excludes halogenated alkanes) is 43. The molecule has 17 nitrogen and oxygen atoms in total. The van der Waals surface area contributed by atoms with E-state index in [2.05, 4.69) is 34.6 Å². The predicted molar refractivity (Wildman–Crippen MR) is 363 cm³/mol. The van der Waals surface area contributed by atoms with E-state index in [-0.39, 0.29) is 25.7 Å². The van der Waals surface area contributed by atoms with Gasteiger partial charge in [0, 0.05) is 25.7 Å². The fraction of sp³-hybridized carbons (Fsp3) is 0.944. The summed E-state index contributed by atoms with van der Waals surface area (Å²) in [7, 11) is -9.90. The number of rotatable bonds is 71. The molecule has 0 aromatic carbocycles. The van der Waals surface area contributed by atoms with E-state index in [1.54, 1.807) is 0 Å². The Balaban J connectivity index is 5.23. The Morgan fingerprint density at radius 3 is 0.756 bits per heavy atom. The molecule has 2 unspecified atom stereocenters. The molecule has 0 aliphatic carbocycles. The fourth-order valence-corrected chi connectivity index (χ4v) is 12.4. The lowest BCUT2D eigenvalue weighted by atomic mass is 10.0. The first kappa shape index (κ1) is 88.1. The van der Waals surface area contributed by atoms with Gasteiger partial charge in [0.15, 0.2) is 12.2 Å². The highest BCUT2D eigenvalue weighted by atomic mass is 31.2. The average molecular weight is 1330 g/mol. The molecule has 0 saturated carbocycles. The van der Waals surface area contributed by atoms with Crippen LogP contribution in [-0.4, -0.2) is 96.7 Å². The number of phosphoric acid groups is 2. The summed E-state index contributed by atoms with van der Waals surface area (Å²) < 4.78 is 68.3. The van der Waals surface area contributed by atoms with Gasteiger partial charge in [-0.05, 0) is 31.6 Å². The van der Waals surface area contributed by atoms with Crippen molar-refractivity contribution in [2.75, 3.05) is 39.6 Å². The number of phosphoric ester groups is 2. The average Bonchev–Trinajstić information content (AvgIpc) is 2.82. The van der Waals surface area contributed by atoms with E-state index < -0.39 is 97.5 Å². The molecule has 0 radical (unpaired) electrons. The molecular weight excluding hydrogens is 1190 g/mol. The Labute approximate surface area is 549 Å². The maximum atomic E-state index is 13.0. The minimum Gasteiger partial charge on any atom is -0.462 e. The second-order valence-corrected chi connectivity index (χ2v) is 29.0. The zero-order chi connectivity index (χ0) is 66.3. The highest BCUT2D eigenvalue weighted by Gasteiger charge is 2.30. The molecule has 0 saturated heterocycles. The van der Waals surface area contributed by atoms with Crippen LogP contribution >= 0.6 is 15.6 Å². The molecule has 0 amide bonds. The van der Waals surface area contributed by atoms with Crippen molar-refractivity contribution >= 4 is 39.5 Å². The summed E-state index contributed by atoms with van der Waals surface area (Å²) in [4.78, 5) is 72.5. The first-order valence-electron chi connectivity index (χ1n) is 37.1. The Bertz CT molecular complexity index is 1740. The normalized spacial score (nSPS) is 14.1. The van der Waals surface area contributed by atoms with Crippen LogP contribution in [0.4, 0.5) is 0 Å². The van der Waals surface area contributed by atoms with E-state index >= 15 is 0 Å². The molecule has 0 bridgehead atoms. The van der Waals surface area contributed by atoms with Gasteiger partial charge in [0.2, 0.25) is 0 Å². The summed E-state index contributed by atoms with van der Waals surface area (Å²) in [5.74, 6) is -1.33. The number of ether oxygens (including phenoxy) is 4. The largest absolute Gasteiger partial charge is 0.472 e. The minimum atomic E-state index is -4.95. The van der Waals surface area contributed by atoms with E-state index in [0.29, 0.717) is 25.7 Å². The highest BCUT2D eigenvalue weighted by molar-refractivity contribution is 7.47. The molecule has 0 aliphatic heterocycles. The first-order valence-corrected chi connectivity index (χ1v) is 40.1. The third-order valence-corrected chi connectivity index (χ3v) is 18.4. The first-order chi connectivity index (χ1) is 43.5. The van der Waals surface area contributed by atoms with Gasteiger partial charge >= 0.3 is 39.5 Å². The molecule has 0 aliphatic rings. The summed E-state index contributed by atoms with van der Waals surface area (Å²) >= 11 is 0. The molecule has 3 N–H and O–H groups in total.